The predicted molar refractivity (Wildman–Crippen MR) is 79.6 cm³/mol. The number of hydrogen-bond acceptors (Lipinski definition) is 3. The molecule has 3 N–H and O–H groups in total. The highest BCUT2D eigenvalue weighted by atomic mass is 16.4. The van der Waals surface area contributed by atoms with E-state index in [0.717, 1.165) is 44.3 Å². The van der Waals surface area contributed by atoms with E-state index >= 15 is 0 Å². The first-order valence-corrected chi connectivity index (χ1v) is 7.49. The molecule has 1 aromatic carbocycles. The Balaban J connectivity index is 1.77. The maximum atomic E-state index is 12.5. The summed E-state index contributed by atoms with van der Waals surface area (Å²) < 4.78 is 0. The minimum Gasteiger partial charge on any atom is -0.481 e. The standard InChI is InChI=1S/C16H20N2O3/c19-14(20)10-16(6-1-2-7-16)18-15(21)12-4-3-11-5-8-17-13(11)9-12/h3-4,9,17H,1-2,5-8,10H2,(H,18,21)(H,19,20). The van der Waals surface area contributed by atoms with Crippen LogP contribution in [0.25, 0.3) is 0 Å². The van der Waals surface area contributed by atoms with Crippen LogP contribution < -0.4 is 10.6 Å². The van der Waals surface area contributed by atoms with Crippen LogP contribution in [0.2, 0.25) is 0 Å². The third-order valence-electron chi connectivity index (χ3n) is 4.51. The van der Waals surface area contributed by atoms with Crippen LogP contribution >= 0.6 is 0 Å². The molecule has 1 amide bonds. The Hall–Kier alpha value is -2.04. The molecule has 0 atom stereocenters. The van der Waals surface area contributed by atoms with Crippen LogP contribution in [-0.4, -0.2) is 29.1 Å². The number of fused-ring (bicyclic) bond motifs is 1. The lowest BCUT2D eigenvalue weighted by Crippen LogP contribution is -2.47. The van der Waals surface area contributed by atoms with E-state index < -0.39 is 11.5 Å². The van der Waals surface area contributed by atoms with Gasteiger partial charge in [0.15, 0.2) is 0 Å². The smallest absolute Gasteiger partial charge is 0.305 e. The van der Waals surface area contributed by atoms with E-state index in [2.05, 4.69) is 10.6 Å². The molecule has 112 valence electrons. The number of carbonyl (C=O) groups excluding carboxylic acids is 1. The van der Waals surface area contributed by atoms with E-state index in [4.69, 9.17) is 5.11 Å². The zero-order valence-electron chi connectivity index (χ0n) is 11.9. The van der Waals surface area contributed by atoms with Gasteiger partial charge in [-0.05, 0) is 37.0 Å². The zero-order chi connectivity index (χ0) is 14.9. The summed E-state index contributed by atoms with van der Waals surface area (Å²) in [5.41, 5.74) is 2.27. The average molecular weight is 288 g/mol. The van der Waals surface area contributed by atoms with E-state index in [1.54, 1.807) is 0 Å². The number of aliphatic carboxylic acids is 1. The second-order valence-electron chi connectivity index (χ2n) is 6.06. The number of carbonyl (C=O) groups is 2. The van der Waals surface area contributed by atoms with Gasteiger partial charge in [-0.3, -0.25) is 9.59 Å². The lowest BCUT2D eigenvalue weighted by atomic mass is 9.92. The van der Waals surface area contributed by atoms with Crippen molar-refractivity contribution < 1.29 is 14.7 Å². The maximum Gasteiger partial charge on any atom is 0.305 e. The van der Waals surface area contributed by atoms with Gasteiger partial charge in [0, 0.05) is 17.8 Å². The van der Waals surface area contributed by atoms with E-state index in [-0.39, 0.29) is 12.3 Å². The first-order chi connectivity index (χ1) is 10.1. The largest absolute Gasteiger partial charge is 0.481 e. The molecule has 3 rings (SSSR count). The fourth-order valence-corrected chi connectivity index (χ4v) is 3.43. The SMILES string of the molecule is O=C(O)CC1(NC(=O)c2ccc3c(c2)NCC3)CCCC1. The Morgan fingerprint density at radius 2 is 2.05 bits per heavy atom. The van der Waals surface area contributed by atoms with Crippen LogP contribution in [0.5, 0.6) is 0 Å². The summed E-state index contributed by atoms with van der Waals surface area (Å²) in [5.74, 6) is -1.03. The molecule has 0 bridgehead atoms. The Bertz CT molecular complexity index is 577. The third kappa shape index (κ3) is 2.86. The topological polar surface area (TPSA) is 78.4 Å². The molecule has 1 fully saturated rings. The minimum absolute atomic E-state index is 0.00192. The van der Waals surface area contributed by atoms with Crippen LogP contribution in [0, 0.1) is 0 Å². The molecule has 0 saturated heterocycles. The van der Waals surface area contributed by atoms with Crippen LogP contribution in [0.4, 0.5) is 5.69 Å². The molecule has 1 aliphatic heterocycles. The van der Waals surface area contributed by atoms with Crippen molar-refractivity contribution in [3.8, 4) is 0 Å². The van der Waals surface area contributed by atoms with Crippen LogP contribution in [0.3, 0.4) is 0 Å². The normalized spacial score (nSPS) is 18.9. The second kappa shape index (κ2) is 5.39. The van der Waals surface area contributed by atoms with Gasteiger partial charge in [-0.2, -0.15) is 0 Å². The zero-order valence-corrected chi connectivity index (χ0v) is 11.9. The van der Waals surface area contributed by atoms with Gasteiger partial charge in [-0.25, -0.2) is 0 Å². The highest BCUT2D eigenvalue weighted by molar-refractivity contribution is 5.96. The molecule has 0 unspecified atom stereocenters. The molecule has 1 heterocycles. The Kier molecular flexibility index (Phi) is 3.57. The molecule has 21 heavy (non-hydrogen) atoms. The van der Waals surface area contributed by atoms with Crippen molar-refractivity contribution in [2.24, 2.45) is 0 Å². The van der Waals surface area contributed by atoms with Crippen molar-refractivity contribution in [2.75, 3.05) is 11.9 Å². The van der Waals surface area contributed by atoms with Crippen molar-refractivity contribution in [3.05, 3.63) is 29.3 Å². The number of hydrogen-bond donors (Lipinski definition) is 3. The van der Waals surface area contributed by atoms with E-state index in [1.165, 1.54) is 5.56 Å². The van der Waals surface area contributed by atoms with Crippen molar-refractivity contribution in [2.45, 2.75) is 44.1 Å². The molecular formula is C16H20N2O3. The van der Waals surface area contributed by atoms with E-state index in [9.17, 15) is 9.59 Å². The van der Waals surface area contributed by atoms with Gasteiger partial charge in [0.25, 0.3) is 5.91 Å². The van der Waals surface area contributed by atoms with Crippen molar-refractivity contribution in [1.82, 2.24) is 5.32 Å². The van der Waals surface area contributed by atoms with Gasteiger partial charge in [0.2, 0.25) is 0 Å². The average Bonchev–Trinajstić information content (AvgIpc) is 3.06. The van der Waals surface area contributed by atoms with E-state index in [0.29, 0.717) is 5.56 Å². The summed E-state index contributed by atoms with van der Waals surface area (Å²) in [5, 5.41) is 15.3. The fraction of sp³-hybridized carbons (Fsp3) is 0.500. The first-order valence-electron chi connectivity index (χ1n) is 7.49. The number of benzene rings is 1. The van der Waals surface area contributed by atoms with Gasteiger partial charge < -0.3 is 15.7 Å². The Morgan fingerprint density at radius 3 is 2.76 bits per heavy atom. The fourth-order valence-electron chi connectivity index (χ4n) is 3.43. The van der Waals surface area contributed by atoms with Crippen LogP contribution in [0.15, 0.2) is 18.2 Å². The summed E-state index contributed by atoms with van der Waals surface area (Å²) in [4.78, 5) is 23.5. The molecular weight excluding hydrogens is 268 g/mol. The highest BCUT2D eigenvalue weighted by Crippen LogP contribution is 2.33. The van der Waals surface area contributed by atoms with Crippen LogP contribution in [0.1, 0.15) is 48.0 Å². The van der Waals surface area contributed by atoms with Gasteiger partial charge >= 0.3 is 5.97 Å². The lowest BCUT2D eigenvalue weighted by molar-refractivity contribution is -0.138. The Morgan fingerprint density at radius 1 is 1.29 bits per heavy atom. The number of carboxylic acid groups (broad SMARTS) is 1. The monoisotopic (exact) mass is 288 g/mol. The molecule has 0 radical (unpaired) electrons. The maximum absolute atomic E-state index is 12.5. The molecule has 0 spiro atoms. The van der Waals surface area contributed by atoms with Crippen molar-refractivity contribution in [1.29, 1.82) is 0 Å². The minimum atomic E-state index is -0.854. The van der Waals surface area contributed by atoms with Crippen molar-refractivity contribution >= 4 is 17.6 Å². The summed E-state index contributed by atoms with van der Waals surface area (Å²) >= 11 is 0. The van der Waals surface area contributed by atoms with Gasteiger partial charge in [-0.15, -0.1) is 0 Å². The quantitative estimate of drug-likeness (QED) is 0.793. The molecule has 2 aliphatic rings. The van der Waals surface area contributed by atoms with Crippen molar-refractivity contribution in [3.63, 3.8) is 0 Å². The predicted octanol–water partition coefficient (Wildman–Crippen LogP) is 2.17. The molecule has 5 nitrogen and oxygen atoms in total. The number of nitrogens with one attached hydrogen (secondary N) is 2. The number of anilines is 1. The molecule has 0 aromatic heterocycles. The second-order valence-corrected chi connectivity index (χ2v) is 6.06. The number of amides is 1. The Labute approximate surface area is 123 Å². The first kappa shape index (κ1) is 13.9. The lowest BCUT2D eigenvalue weighted by Gasteiger charge is -2.28. The number of rotatable bonds is 4. The molecule has 5 heteroatoms. The molecule has 1 aromatic rings. The summed E-state index contributed by atoms with van der Waals surface area (Å²) in [6, 6.07) is 5.66. The van der Waals surface area contributed by atoms with Gasteiger partial charge in [0.1, 0.15) is 0 Å². The summed E-state index contributed by atoms with van der Waals surface area (Å²) in [7, 11) is 0. The third-order valence-corrected chi connectivity index (χ3v) is 4.51. The summed E-state index contributed by atoms with van der Waals surface area (Å²) in [6.45, 7) is 0.906. The van der Waals surface area contributed by atoms with Gasteiger partial charge in [-0.1, -0.05) is 18.9 Å². The highest BCUT2D eigenvalue weighted by Gasteiger charge is 2.37. The number of carboxylic acids is 1. The van der Waals surface area contributed by atoms with E-state index in [1.807, 2.05) is 18.2 Å². The molecule has 1 aliphatic carbocycles. The molecule has 1 saturated carbocycles. The summed E-state index contributed by atoms with van der Waals surface area (Å²) in [6.07, 6.45) is 4.42. The van der Waals surface area contributed by atoms with Gasteiger partial charge in [0.05, 0.1) is 12.0 Å². The van der Waals surface area contributed by atoms with Crippen LogP contribution in [-0.2, 0) is 11.2 Å².